The minimum absolute atomic E-state index is 0.0562. The third-order valence-corrected chi connectivity index (χ3v) is 4.95. The number of hydrogen-bond donors (Lipinski definition) is 1. The van der Waals surface area contributed by atoms with Gasteiger partial charge in [-0.2, -0.15) is 0 Å². The molecule has 1 N–H and O–H groups in total. The van der Waals surface area contributed by atoms with E-state index in [4.69, 9.17) is 9.47 Å². The average molecular weight is 453 g/mol. The van der Waals surface area contributed by atoms with Gasteiger partial charge in [-0.3, -0.25) is 24.6 Å². The van der Waals surface area contributed by atoms with Crippen LogP contribution in [0, 0.1) is 10.1 Å². The Hall–Kier alpha value is -3.72. The van der Waals surface area contributed by atoms with Gasteiger partial charge in [-0.1, -0.05) is 0 Å². The number of anilines is 1. The van der Waals surface area contributed by atoms with Crippen molar-refractivity contribution < 1.29 is 24.0 Å². The predicted octanol–water partition coefficient (Wildman–Crippen LogP) is 4.00. The number of nitrogens with zero attached hydrogens (tertiary/aromatic N) is 2. The van der Waals surface area contributed by atoms with E-state index in [1.807, 2.05) is 20.8 Å². The van der Waals surface area contributed by atoms with Crippen LogP contribution in [0.5, 0.6) is 5.75 Å². The summed E-state index contributed by atoms with van der Waals surface area (Å²) in [6.45, 7) is 6.87. The number of benzene rings is 2. The Morgan fingerprint density at radius 3 is 2.27 bits per heavy atom. The van der Waals surface area contributed by atoms with Gasteiger partial charge in [0, 0.05) is 31.0 Å². The second-order valence-corrected chi connectivity index (χ2v) is 7.67. The zero-order valence-corrected chi connectivity index (χ0v) is 18.9. The minimum Gasteiger partial charge on any atom is -0.494 e. The molecule has 0 atom stereocenters. The molecule has 0 radical (unpaired) electrons. The van der Waals surface area contributed by atoms with E-state index in [-0.39, 0.29) is 29.6 Å². The summed E-state index contributed by atoms with van der Waals surface area (Å²) in [6, 6.07) is 12.6. The van der Waals surface area contributed by atoms with Gasteiger partial charge < -0.3 is 14.8 Å². The number of carbonyl (C=O) groups excluding carboxylic acids is 2. The summed E-state index contributed by atoms with van der Waals surface area (Å²) >= 11 is 0. The van der Waals surface area contributed by atoms with Gasteiger partial charge in [-0.05, 0) is 69.2 Å². The normalized spacial score (nSPS) is 13.8. The highest BCUT2D eigenvalue weighted by Crippen LogP contribution is 2.32. The number of rotatable bonds is 11. The van der Waals surface area contributed by atoms with Gasteiger partial charge in [0.1, 0.15) is 11.4 Å². The number of nitrogens with one attached hydrogen (secondary N) is 1. The number of non-ortho nitro benzene ring substituents is 1. The van der Waals surface area contributed by atoms with E-state index >= 15 is 0 Å². The standard InChI is InChI=1S/C24H27N3O6/c1-4-32-20-12-8-18(9-13-20)25-22-21(17-6-10-19(11-7-17)27(30)31)23(28)26(24(22)29)14-5-15-33-16(2)3/h6-13,16,25H,4-5,14-15H2,1-3H3. The lowest BCUT2D eigenvalue weighted by molar-refractivity contribution is -0.384. The SMILES string of the molecule is CCOc1ccc(NC2=C(c3ccc([N+](=O)[O-])cc3)C(=O)N(CCCOC(C)C)C2=O)cc1. The Bertz CT molecular complexity index is 1040. The van der Waals surface area contributed by atoms with Crippen LogP contribution in [0.2, 0.25) is 0 Å². The first-order valence-electron chi connectivity index (χ1n) is 10.8. The number of amides is 2. The number of nitro groups is 1. The molecule has 2 amide bonds. The Labute approximate surface area is 192 Å². The highest BCUT2D eigenvalue weighted by Gasteiger charge is 2.39. The van der Waals surface area contributed by atoms with E-state index in [1.165, 1.54) is 29.2 Å². The third-order valence-electron chi connectivity index (χ3n) is 4.95. The number of carbonyl (C=O) groups is 2. The molecule has 2 aromatic carbocycles. The van der Waals surface area contributed by atoms with Gasteiger partial charge in [-0.25, -0.2) is 0 Å². The molecule has 1 heterocycles. The minimum atomic E-state index is -0.514. The summed E-state index contributed by atoms with van der Waals surface area (Å²) < 4.78 is 11.0. The van der Waals surface area contributed by atoms with Gasteiger partial charge in [0.2, 0.25) is 0 Å². The monoisotopic (exact) mass is 453 g/mol. The maximum absolute atomic E-state index is 13.2. The molecule has 2 aromatic rings. The Morgan fingerprint density at radius 2 is 1.70 bits per heavy atom. The van der Waals surface area contributed by atoms with Gasteiger partial charge in [0.05, 0.1) is 23.2 Å². The van der Waals surface area contributed by atoms with Crippen molar-refractivity contribution in [2.24, 2.45) is 0 Å². The average Bonchev–Trinajstić information content (AvgIpc) is 3.02. The maximum atomic E-state index is 13.2. The summed E-state index contributed by atoms with van der Waals surface area (Å²) in [6.07, 6.45) is 0.556. The molecule has 0 aromatic heterocycles. The molecule has 0 saturated heterocycles. The quantitative estimate of drug-likeness (QED) is 0.237. The molecule has 0 aliphatic carbocycles. The fourth-order valence-corrected chi connectivity index (χ4v) is 3.40. The fourth-order valence-electron chi connectivity index (χ4n) is 3.40. The van der Waals surface area contributed by atoms with Gasteiger partial charge in [0.25, 0.3) is 17.5 Å². The van der Waals surface area contributed by atoms with Crippen LogP contribution in [-0.4, -0.2) is 47.5 Å². The molecule has 0 saturated carbocycles. The van der Waals surface area contributed by atoms with Crippen LogP contribution < -0.4 is 10.1 Å². The summed E-state index contributed by atoms with van der Waals surface area (Å²) in [5.41, 5.74) is 1.24. The van der Waals surface area contributed by atoms with E-state index in [1.54, 1.807) is 24.3 Å². The Balaban J connectivity index is 1.90. The summed E-state index contributed by atoms with van der Waals surface area (Å²) in [5.74, 6) is -0.216. The van der Waals surface area contributed by atoms with Crippen LogP contribution in [0.4, 0.5) is 11.4 Å². The zero-order chi connectivity index (χ0) is 24.0. The highest BCUT2D eigenvalue weighted by molar-refractivity contribution is 6.36. The summed E-state index contributed by atoms with van der Waals surface area (Å²) in [5, 5.41) is 14.1. The summed E-state index contributed by atoms with van der Waals surface area (Å²) in [7, 11) is 0. The van der Waals surface area contributed by atoms with Crippen molar-refractivity contribution in [1.29, 1.82) is 0 Å². The van der Waals surface area contributed by atoms with Crippen LogP contribution in [0.25, 0.3) is 5.57 Å². The molecule has 0 spiro atoms. The molecule has 9 nitrogen and oxygen atoms in total. The van der Waals surface area contributed by atoms with Crippen molar-refractivity contribution in [2.75, 3.05) is 25.1 Å². The molecule has 9 heteroatoms. The molecule has 0 bridgehead atoms. The smallest absolute Gasteiger partial charge is 0.278 e. The van der Waals surface area contributed by atoms with E-state index in [0.29, 0.717) is 36.6 Å². The van der Waals surface area contributed by atoms with Crippen LogP contribution in [0.3, 0.4) is 0 Å². The molecular weight excluding hydrogens is 426 g/mol. The first kappa shape index (κ1) is 23.9. The number of hydrogen-bond acceptors (Lipinski definition) is 7. The molecule has 1 aliphatic heterocycles. The lowest BCUT2D eigenvalue weighted by Crippen LogP contribution is -2.34. The number of imide groups is 1. The van der Waals surface area contributed by atoms with Gasteiger partial charge >= 0.3 is 0 Å². The van der Waals surface area contributed by atoms with E-state index in [2.05, 4.69) is 5.32 Å². The van der Waals surface area contributed by atoms with Crippen LogP contribution in [0.15, 0.2) is 54.2 Å². The fraction of sp³-hybridized carbons (Fsp3) is 0.333. The molecule has 33 heavy (non-hydrogen) atoms. The molecule has 1 aliphatic rings. The van der Waals surface area contributed by atoms with Crippen molar-refractivity contribution in [3.63, 3.8) is 0 Å². The Morgan fingerprint density at radius 1 is 1.03 bits per heavy atom. The zero-order valence-electron chi connectivity index (χ0n) is 18.9. The number of ether oxygens (including phenoxy) is 2. The van der Waals surface area contributed by atoms with Gasteiger partial charge in [0.15, 0.2) is 0 Å². The van der Waals surface area contributed by atoms with Crippen LogP contribution in [0.1, 0.15) is 32.8 Å². The van der Waals surface area contributed by atoms with Crippen molar-refractivity contribution in [3.05, 3.63) is 69.9 Å². The van der Waals surface area contributed by atoms with Crippen molar-refractivity contribution in [3.8, 4) is 5.75 Å². The van der Waals surface area contributed by atoms with Crippen molar-refractivity contribution in [1.82, 2.24) is 4.90 Å². The van der Waals surface area contributed by atoms with Gasteiger partial charge in [-0.15, -0.1) is 0 Å². The largest absolute Gasteiger partial charge is 0.494 e. The number of nitro benzene ring substituents is 1. The lowest BCUT2D eigenvalue weighted by atomic mass is 10.0. The maximum Gasteiger partial charge on any atom is 0.278 e. The summed E-state index contributed by atoms with van der Waals surface area (Å²) in [4.78, 5) is 38.1. The Kier molecular flexibility index (Phi) is 7.78. The van der Waals surface area contributed by atoms with E-state index in [9.17, 15) is 19.7 Å². The third kappa shape index (κ3) is 5.75. The first-order chi connectivity index (χ1) is 15.8. The lowest BCUT2D eigenvalue weighted by Gasteiger charge is -2.16. The molecule has 174 valence electrons. The topological polar surface area (TPSA) is 111 Å². The molecule has 3 rings (SSSR count). The molecule has 0 fully saturated rings. The molecule has 0 unspecified atom stereocenters. The van der Waals surface area contributed by atoms with Crippen molar-refractivity contribution >= 4 is 28.8 Å². The van der Waals surface area contributed by atoms with E-state index in [0.717, 1.165) is 0 Å². The van der Waals surface area contributed by atoms with Crippen LogP contribution >= 0.6 is 0 Å². The van der Waals surface area contributed by atoms with Crippen molar-refractivity contribution in [2.45, 2.75) is 33.3 Å². The second-order valence-electron chi connectivity index (χ2n) is 7.67. The highest BCUT2D eigenvalue weighted by atomic mass is 16.6. The molecular formula is C24H27N3O6. The van der Waals surface area contributed by atoms with E-state index < -0.39 is 16.7 Å². The van der Waals surface area contributed by atoms with Crippen LogP contribution in [-0.2, 0) is 14.3 Å². The first-order valence-corrected chi connectivity index (χ1v) is 10.8. The second kappa shape index (κ2) is 10.7. The predicted molar refractivity (Wildman–Crippen MR) is 124 cm³/mol.